The molecular formula is C8H10N2O2. The Morgan fingerprint density at radius 1 is 1.25 bits per heavy atom. The summed E-state index contributed by atoms with van der Waals surface area (Å²) >= 11 is 0. The van der Waals surface area contributed by atoms with Crippen LogP contribution in [0.25, 0.3) is 0 Å². The molecule has 0 amide bonds. The van der Waals surface area contributed by atoms with E-state index in [1.807, 2.05) is 13.8 Å². The van der Waals surface area contributed by atoms with Gasteiger partial charge in [0, 0.05) is 6.07 Å². The molecule has 12 heavy (non-hydrogen) atoms. The first kappa shape index (κ1) is 8.52. The van der Waals surface area contributed by atoms with E-state index in [-0.39, 0.29) is 0 Å². The summed E-state index contributed by atoms with van der Waals surface area (Å²) in [6.07, 6.45) is 4.56. The Kier molecular flexibility index (Phi) is 3.07. The van der Waals surface area contributed by atoms with Gasteiger partial charge in [0.25, 0.3) is 0 Å². The monoisotopic (exact) mass is 166 g/mol. The molecule has 0 aromatic carbocycles. The molecule has 2 rings (SSSR count). The highest BCUT2D eigenvalue weighted by Crippen LogP contribution is 1.87. The van der Waals surface area contributed by atoms with Gasteiger partial charge in [0.15, 0.2) is 6.39 Å². The van der Waals surface area contributed by atoms with Crippen molar-refractivity contribution < 1.29 is 8.94 Å². The van der Waals surface area contributed by atoms with Gasteiger partial charge in [-0.1, -0.05) is 5.16 Å². The van der Waals surface area contributed by atoms with Gasteiger partial charge in [-0.2, -0.15) is 0 Å². The third-order valence-corrected chi connectivity index (χ3v) is 1.12. The van der Waals surface area contributed by atoms with Crippen molar-refractivity contribution >= 4 is 0 Å². The van der Waals surface area contributed by atoms with Crippen LogP contribution in [-0.2, 0) is 0 Å². The summed E-state index contributed by atoms with van der Waals surface area (Å²) in [6, 6.07) is 1.81. The maximum absolute atomic E-state index is 4.60. The number of hydrogen-bond acceptors (Lipinski definition) is 4. The molecule has 0 radical (unpaired) electrons. The minimum absolute atomic E-state index is 0.926. The lowest BCUT2D eigenvalue weighted by Gasteiger charge is -1.62. The van der Waals surface area contributed by atoms with Gasteiger partial charge in [0.1, 0.15) is 12.5 Å². The Bertz CT molecular complexity index is 254. The maximum Gasteiger partial charge on any atom is 0.180 e. The highest BCUT2D eigenvalue weighted by Gasteiger charge is 1.78. The molecule has 0 aliphatic heterocycles. The zero-order chi connectivity index (χ0) is 8.81. The van der Waals surface area contributed by atoms with E-state index in [1.54, 1.807) is 18.6 Å². The van der Waals surface area contributed by atoms with Crippen LogP contribution in [0, 0.1) is 13.8 Å². The molecule has 0 unspecified atom stereocenters. The second-order valence-electron chi connectivity index (χ2n) is 2.27. The van der Waals surface area contributed by atoms with Gasteiger partial charge in [-0.15, -0.1) is 0 Å². The molecule has 0 saturated carbocycles. The molecule has 64 valence electrons. The largest absolute Gasteiger partial charge is 0.452 e. The van der Waals surface area contributed by atoms with E-state index in [2.05, 4.69) is 19.1 Å². The van der Waals surface area contributed by atoms with Crippen molar-refractivity contribution in [3.05, 3.63) is 36.4 Å². The number of nitrogens with zero attached hydrogens (tertiary/aromatic N) is 2. The molecule has 0 saturated heterocycles. The summed E-state index contributed by atoms with van der Waals surface area (Å²) in [6.45, 7) is 3.76. The van der Waals surface area contributed by atoms with Gasteiger partial charge in [-0.25, -0.2) is 4.98 Å². The number of hydrogen-bond donors (Lipinski definition) is 0. The SMILES string of the molecule is Cc1ccon1.Cc1cocn1. The van der Waals surface area contributed by atoms with Crippen LogP contribution in [0.1, 0.15) is 11.4 Å². The Labute approximate surface area is 70.2 Å². The molecule has 0 atom stereocenters. The molecule has 0 fully saturated rings. The molecule has 2 aromatic rings. The van der Waals surface area contributed by atoms with Crippen LogP contribution < -0.4 is 0 Å². The number of oxazole rings is 1. The van der Waals surface area contributed by atoms with Crippen LogP contribution in [0.3, 0.4) is 0 Å². The van der Waals surface area contributed by atoms with E-state index in [9.17, 15) is 0 Å². The highest BCUT2D eigenvalue weighted by molar-refractivity contribution is 4.89. The standard InChI is InChI=1S/2C4H5NO/c1-4-2-6-3-5-4;1-4-2-3-6-5-4/h2*2-3H,1H3. The zero-order valence-electron chi connectivity index (χ0n) is 7.02. The Balaban J connectivity index is 0.000000120. The molecule has 0 bridgehead atoms. The fraction of sp³-hybridized carbons (Fsp3) is 0.250. The van der Waals surface area contributed by atoms with E-state index in [4.69, 9.17) is 0 Å². The quantitative estimate of drug-likeness (QED) is 0.600. The Morgan fingerprint density at radius 2 is 2.08 bits per heavy atom. The third-order valence-electron chi connectivity index (χ3n) is 1.12. The van der Waals surface area contributed by atoms with Crippen molar-refractivity contribution in [3.63, 3.8) is 0 Å². The van der Waals surface area contributed by atoms with Crippen LogP contribution in [0.5, 0.6) is 0 Å². The normalized spacial score (nSPS) is 8.83. The van der Waals surface area contributed by atoms with Crippen molar-refractivity contribution in [3.8, 4) is 0 Å². The van der Waals surface area contributed by atoms with Crippen molar-refractivity contribution in [2.24, 2.45) is 0 Å². The van der Waals surface area contributed by atoms with Gasteiger partial charge in [-0.05, 0) is 13.8 Å². The molecule has 2 aromatic heterocycles. The highest BCUT2D eigenvalue weighted by atomic mass is 16.5. The Morgan fingerprint density at radius 3 is 2.25 bits per heavy atom. The summed E-state index contributed by atoms with van der Waals surface area (Å²) in [5.41, 5.74) is 1.85. The van der Waals surface area contributed by atoms with Crippen molar-refractivity contribution in [2.75, 3.05) is 0 Å². The second kappa shape index (κ2) is 4.33. The molecular weight excluding hydrogens is 156 g/mol. The van der Waals surface area contributed by atoms with Crippen molar-refractivity contribution in [1.29, 1.82) is 0 Å². The molecule has 4 nitrogen and oxygen atoms in total. The van der Waals surface area contributed by atoms with Gasteiger partial charge in [0.2, 0.25) is 0 Å². The van der Waals surface area contributed by atoms with Crippen LogP contribution in [-0.4, -0.2) is 10.1 Å². The van der Waals surface area contributed by atoms with Gasteiger partial charge >= 0.3 is 0 Å². The third kappa shape index (κ3) is 3.01. The number of rotatable bonds is 0. The summed E-state index contributed by atoms with van der Waals surface area (Å²) < 4.78 is 9.07. The van der Waals surface area contributed by atoms with E-state index in [0.717, 1.165) is 11.4 Å². The number of aromatic nitrogens is 2. The minimum Gasteiger partial charge on any atom is -0.452 e. The second-order valence-corrected chi connectivity index (χ2v) is 2.27. The maximum atomic E-state index is 4.60. The summed E-state index contributed by atoms with van der Waals surface area (Å²) in [5, 5.41) is 3.54. The van der Waals surface area contributed by atoms with E-state index < -0.39 is 0 Å². The summed E-state index contributed by atoms with van der Waals surface area (Å²) in [4.78, 5) is 3.75. The zero-order valence-corrected chi connectivity index (χ0v) is 7.02. The lowest BCUT2D eigenvalue weighted by Crippen LogP contribution is -1.59. The summed E-state index contributed by atoms with van der Waals surface area (Å²) in [5.74, 6) is 0. The van der Waals surface area contributed by atoms with Crippen LogP contribution >= 0.6 is 0 Å². The van der Waals surface area contributed by atoms with E-state index in [0.29, 0.717) is 0 Å². The average molecular weight is 166 g/mol. The van der Waals surface area contributed by atoms with Gasteiger partial charge < -0.3 is 8.94 Å². The molecule has 0 aliphatic carbocycles. The minimum atomic E-state index is 0.926. The van der Waals surface area contributed by atoms with Crippen molar-refractivity contribution in [2.45, 2.75) is 13.8 Å². The predicted molar refractivity (Wildman–Crippen MR) is 42.5 cm³/mol. The average Bonchev–Trinajstić information content (AvgIpc) is 2.63. The smallest absolute Gasteiger partial charge is 0.180 e. The van der Waals surface area contributed by atoms with Crippen LogP contribution in [0.2, 0.25) is 0 Å². The Hall–Kier alpha value is -1.58. The topological polar surface area (TPSA) is 52.1 Å². The van der Waals surface area contributed by atoms with Crippen LogP contribution in [0.15, 0.2) is 33.9 Å². The first-order chi connectivity index (χ1) is 5.79. The molecule has 2 heterocycles. The first-order valence-electron chi connectivity index (χ1n) is 3.51. The lowest BCUT2D eigenvalue weighted by molar-refractivity contribution is 0.415. The van der Waals surface area contributed by atoms with Gasteiger partial charge in [0.05, 0.1) is 11.4 Å². The molecule has 0 spiro atoms. The van der Waals surface area contributed by atoms with Crippen LogP contribution in [0.4, 0.5) is 0 Å². The first-order valence-corrected chi connectivity index (χ1v) is 3.51. The fourth-order valence-electron chi connectivity index (χ4n) is 0.546. The summed E-state index contributed by atoms with van der Waals surface area (Å²) in [7, 11) is 0. The van der Waals surface area contributed by atoms with Crippen molar-refractivity contribution in [1.82, 2.24) is 10.1 Å². The van der Waals surface area contributed by atoms with E-state index in [1.165, 1.54) is 6.39 Å². The lowest BCUT2D eigenvalue weighted by atomic mass is 10.5. The molecule has 0 aliphatic rings. The number of aryl methyl sites for hydroxylation is 2. The van der Waals surface area contributed by atoms with E-state index >= 15 is 0 Å². The fourth-order valence-corrected chi connectivity index (χ4v) is 0.546. The molecule has 4 heteroatoms. The predicted octanol–water partition coefficient (Wildman–Crippen LogP) is 1.97. The molecule has 0 N–H and O–H groups in total. The van der Waals surface area contributed by atoms with Gasteiger partial charge in [-0.3, -0.25) is 0 Å².